The second-order valence-corrected chi connectivity index (χ2v) is 8.43. The van der Waals surface area contributed by atoms with Crippen LogP contribution in [0.1, 0.15) is 22.5 Å². The van der Waals surface area contributed by atoms with E-state index in [0.29, 0.717) is 17.1 Å². The third-order valence-corrected chi connectivity index (χ3v) is 5.93. The van der Waals surface area contributed by atoms with Gasteiger partial charge in [-0.05, 0) is 67.5 Å². The molecule has 0 atom stereocenters. The first kappa shape index (κ1) is 22.1. The summed E-state index contributed by atoms with van der Waals surface area (Å²) in [6, 6.07) is 25.6. The number of anilines is 1. The van der Waals surface area contributed by atoms with Crippen molar-refractivity contribution in [3.8, 4) is 11.3 Å². The van der Waals surface area contributed by atoms with Crippen LogP contribution in [-0.2, 0) is 4.79 Å². The maximum Gasteiger partial charge on any atom is 0.269 e. The van der Waals surface area contributed by atoms with E-state index in [1.54, 1.807) is 35.2 Å². The van der Waals surface area contributed by atoms with Gasteiger partial charge in [-0.25, -0.2) is 0 Å². The molecule has 1 aromatic heterocycles. The van der Waals surface area contributed by atoms with E-state index in [0.717, 1.165) is 33.6 Å². The zero-order chi connectivity index (χ0) is 24.5. The van der Waals surface area contributed by atoms with Crippen LogP contribution in [0.5, 0.6) is 0 Å². The third-order valence-electron chi connectivity index (χ3n) is 5.93. The first-order chi connectivity index (χ1) is 16.9. The second-order valence-electron chi connectivity index (χ2n) is 8.43. The molecule has 35 heavy (non-hydrogen) atoms. The summed E-state index contributed by atoms with van der Waals surface area (Å²) in [6.45, 7) is 4.03. The number of non-ortho nitro benzene ring substituents is 1. The van der Waals surface area contributed by atoms with Crippen LogP contribution >= 0.6 is 0 Å². The zero-order valence-corrected chi connectivity index (χ0v) is 19.3. The lowest BCUT2D eigenvalue weighted by atomic mass is 10.1. The molecule has 1 aliphatic rings. The fourth-order valence-electron chi connectivity index (χ4n) is 4.22. The van der Waals surface area contributed by atoms with E-state index in [1.165, 1.54) is 12.1 Å². The molecule has 6 nitrogen and oxygen atoms in total. The van der Waals surface area contributed by atoms with Gasteiger partial charge >= 0.3 is 0 Å². The number of carbonyl (C=O) groups excluding carboxylic acids is 1. The van der Waals surface area contributed by atoms with E-state index in [1.807, 2.05) is 62.4 Å². The van der Waals surface area contributed by atoms with Gasteiger partial charge in [0, 0.05) is 23.3 Å². The largest absolute Gasteiger partial charge is 0.457 e. The number of nitro groups is 1. The smallest absolute Gasteiger partial charge is 0.269 e. The molecule has 3 aromatic carbocycles. The summed E-state index contributed by atoms with van der Waals surface area (Å²) in [5.41, 5.74) is 5.97. The lowest BCUT2D eigenvalue weighted by Crippen LogP contribution is -2.25. The molecule has 172 valence electrons. The molecule has 1 aliphatic heterocycles. The van der Waals surface area contributed by atoms with Crippen LogP contribution in [-0.4, -0.2) is 10.8 Å². The predicted molar refractivity (Wildman–Crippen MR) is 137 cm³/mol. The fourth-order valence-corrected chi connectivity index (χ4v) is 4.22. The van der Waals surface area contributed by atoms with Crippen molar-refractivity contribution >= 4 is 29.1 Å². The average molecular weight is 463 g/mol. The van der Waals surface area contributed by atoms with Gasteiger partial charge in [0.05, 0.1) is 16.3 Å². The first-order valence-corrected chi connectivity index (χ1v) is 11.2. The number of carbonyl (C=O) groups is 1. The summed E-state index contributed by atoms with van der Waals surface area (Å²) in [6.07, 6.45) is 3.61. The highest BCUT2D eigenvalue weighted by Crippen LogP contribution is 2.37. The van der Waals surface area contributed by atoms with Crippen LogP contribution < -0.4 is 4.90 Å². The Hall–Kier alpha value is -4.71. The zero-order valence-electron chi connectivity index (χ0n) is 19.3. The molecule has 0 fully saturated rings. The van der Waals surface area contributed by atoms with Gasteiger partial charge in [0.25, 0.3) is 11.6 Å². The first-order valence-electron chi connectivity index (χ1n) is 11.2. The van der Waals surface area contributed by atoms with E-state index in [4.69, 9.17) is 4.42 Å². The molecule has 4 aromatic rings. The molecular weight excluding hydrogens is 440 g/mol. The molecule has 0 radical (unpaired) electrons. The number of furan rings is 1. The molecule has 0 saturated heterocycles. The van der Waals surface area contributed by atoms with Crippen molar-refractivity contribution in [1.29, 1.82) is 0 Å². The maximum absolute atomic E-state index is 13.6. The highest BCUT2D eigenvalue weighted by molar-refractivity contribution is 6.23. The molecule has 0 saturated carbocycles. The summed E-state index contributed by atoms with van der Waals surface area (Å²) in [7, 11) is 0. The van der Waals surface area contributed by atoms with Gasteiger partial charge in [-0.3, -0.25) is 19.8 Å². The van der Waals surface area contributed by atoms with Crippen LogP contribution in [0.25, 0.3) is 23.1 Å². The van der Waals surface area contributed by atoms with Crippen molar-refractivity contribution in [2.45, 2.75) is 13.8 Å². The summed E-state index contributed by atoms with van der Waals surface area (Å²) in [4.78, 5) is 25.8. The Labute approximate surface area is 202 Å². The molecule has 6 heteroatoms. The highest BCUT2D eigenvalue weighted by Gasteiger charge is 2.31. The normalized spacial score (nSPS) is 14.5. The summed E-state index contributed by atoms with van der Waals surface area (Å²) < 4.78 is 5.96. The van der Waals surface area contributed by atoms with Crippen molar-refractivity contribution in [1.82, 2.24) is 0 Å². The van der Waals surface area contributed by atoms with Crippen molar-refractivity contribution < 1.29 is 14.1 Å². The second kappa shape index (κ2) is 8.91. The minimum Gasteiger partial charge on any atom is -0.457 e. The monoisotopic (exact) mass is 462 g/mol. The Balaban J connectivity index is 1.52. The predicted octanol–water partition coefficient (Wildman–Crippen LogP) is 6.94. The Bertz CT molecular complexity index is 1500. The lowest BCUT2D eigenvalue weighted by Gasteiger charge is -2.23. The topological polar surface area (TPSA) is 76.6 Å². The van der Waals surface area contributed by atoms with Gasteiger partial charge in [0.1, 0.15) is 11.5 Å². The number of hydrogen-bond donors (Lipinski definition) is 0. The Kier molecular flexibility index (Phi) is 5.63. The minimum atomic E-state index is -0.439. The summed E-state index contributed by atoms with van der Waals surface area (Å²) in [5, 5.41) is 10.9. The highest BCUT2D eigenvalue weighted by atomic mass is 16.6. The minimum absolute atomic E-state index is 0.0178. The Morgan fingerprint density at radius 3 is 2.31 bits per heavy atom. The summed E-state index contributed by atoms with van der Waals surface area (Å²) in [5.74, 6) is 0.952. The summed E-state index contributed by atoms with van der Waals surface area (Å²) >= 11 is 0. The van der Waals surface area contributed by atoms with Crippen LogP contribution in [0.4, 0.5) is 11.4 Å². The molecule has 0 unspecified atom stereocenters. The van der Waals surface area contributed by atoms with Crippen molar-refractivity contribution in [3.63, 3.8) is 0 Å². The van der Waals surface area contributed by atoms with Gasteiger partial charge in [0.15, 0.2) is 0 Å². The molecular formula is C29H22N2O4. The molecule has 0 aliphatic carbocycles. The average Bonchev–Trinajstić information content (AvgIpc) is 3.45. The van der Waals surface area contributed by atoms with Crippen LogP contribution in [0.15, 0.2) is 101 Å². The quantitative estimate of drug-likeness (QED) is 0.183. The number of aryl methyl sites for hydroxylation is 2. The molecule has 0 N–H and O–H groups in total. The van der Waals surface area contributed by atoms with Crippen LogP contribution in [0.2, 0.25) is 0 Å². The number of benzene rings is 3. The number of nitrogens with zero attached hydrogens (tertiary/aromatic N) is 2. The van der Waals surface area contributed by atoms with Gasteiger partial charge in [-0.15, -0.1) is 0 Å². The fraction of sp³-hybridized carbons (Fsp3) is 0.0690. The maximum atomic E-state index is 13.6. The van der Waals surface area contributed by atoms with E-state index < -0.39 is 4.92 Å². The standard InChI is InChI=1S/C29H22N2O4/c1-19-8-14-26(20(2)16-19)30-27(21-6-4-3-5-7-21)18-23(29(30)32)17-25-13-15-28(35-25)22-9-11-24(12-10-22)31(33)34/h3-18H,1-2H3/b23-17+. The van der Waals surface area contributed by atoms with E-state index in [9.17, 15) is 14.9 Å². The number of rotatable bonds is 5. The van der Waals surface area contributed by atoms with Crippen molar-refractivity contribution in [2.24, 2.45) is 0 Å². The van der Waals surface area contributed by atoms with Crippen molar-refractivity contribution in [3.05, 3.63) is 129 Å². The SMILES string of the molecule is Cc1ccc(N2C(=O)/C(=C/c3ccc(-c4ccc([N+](=O)[O-])cc4)o3)C=C2c2ccccc2)c(C)c1. The molecule has 0 bridgehead atoms. The van der Waals surface area contributed by atoms with Gasteiger partial charge in [-0.1, -0.05) is 48.0 Å². The van der Waals surface area contributed by atoms with Crippen molar-refractivity contribution in [2.75, 3.05) is 4.90 Å². The van der Waals surface area contributed by atoms with Gasteiger partial charge < -0.3 is 4.42 Å². The number of nitro benzene ring substituents is 1. The molecule has 2 heterocycles. The molecule has 1 amide bonds. The van der Waals surface area contributed by atoms with Crippen LogP contribution in [0.3, 0.4) is 0 Å². The van der Waals surface area contributed by atoms with E-state index in [2.05, 4.69) is 6.07 Å². The van der Waals surface area contributed by atoms with Crippen LogP contribution in [0, 0.1) is 24.0 Å². The Morgan fingerprint density at radius 2 is 1.63 bits per heavy atom. The van der Waals surface area contributed by atoms with Gasteiger partial charge in [-0.2, -0.15) is 0 Å². The molecule has 0 spiro atoms. The Morgan fingerprint density at radius 1 is 0.886 bits per heavy atom. The van der Waals surface area contributed by atoms with Gasteiger partial charge in [0.2, 0.25) is 0 Å². The number of hydrogen-bond acceptors (Lipinski definition) is 4. The third kappa shape index (κ3) is 4.29. The van der Waals surface area contributed by atoms with E-state index in [-0.39, 0.29) is 11.6 Å². The van der Waals surface area contributed by atoms with E-state index >= 15 is 0 Å². The molecule has 5 rings (SSSR count). The number of amides is 1. The lowest BCUT2D eigenvalue weighted by molar-refractivity contribution is -0.384.